The Morgan fingerprint density at radius 2 is 2.15 bits per heavy atom. The maximum atomic E-state index is 5.49. The summed E-state index contributed by atoms with van der Waals surface area (Å²) in [4.78, 5) is 9.26. The second-order valence-corrected chi connectivity index (χ2v) is 5.53. The number of aromatic nitrogens is 3. The lowest BCUT2D eigenvalue weighted by molar-refractivity contribution is 0.133. The number of nitrogens with zero attached hydrogens (tertiary/aromatic N) is 3. The smallest absolute Gasteiger partial charge is 0.160 e. The van der Waals surface area contributed by atoms with Crippen LogP contribution in [0.4, 0.5) is 0 Å². The molecule has 0 spiro atoms. The van der Waals surface area contributed by atoms with Crippen LogP contribution in [0, 0.1) is 12.8 Å². The molecule has 110 valence electrons. The minimum absolute atomic E-state index is 0.557. The summed E-state index contributed by atoms with van der Waals surface area (Å²) in [5.74, 6) is 1.65. The maximum Gasteiger partial charge on any atom is 0.160 e. The van der Waals surface area contributed by atoms with Crippen molar-refractivity contribution < 1.29 is 4.74 Å². The number of rotatable bonds is 7. The van der Waals surface area contributed by atoms with E-state index in [4.69, 9.17) is 15.5 Å². The number of aryl methyl sites for hydroxylation is 1. The fourth-order valence-corrected chi connectivity index (χ4v) is 2.26. The van der Waals surface area contributed by atoms with Gasteiger partial charge in [-0.25, -0.2) is 9.97 Å². The van der Waals surface area contributed by atoms with Gasteiger partial charge < -0.3 is 15.0 Å². The molecule has 2 heterocycles. The highest BCUT2D eigenvalue weighted by atomic mass is 16.5. The lowest BCUT2D eigenvalue weighted by Gasteiger charge is -2.10. The van der Waals surface area contributed by atoms with Gasteiger partial charge in [-0.15, -0.1) is 0 Å². The highest BCUT2D eigenvalue weighted by Gasteiger charge is 2.13. The normalized spacial score (nSPS) is 11.7. The zero-order chi connectivity index (χ0) is 14.5. The SMILES string of the molecule is Cc1cnc2c(c1)nc(CC(C)C)n2CCOCCN. The molecule has 0 atom stereocenters. The van der Waals surface area contributed by atoms with Crippen LogP contribution in [0.25, 0.3) is 11.2 Å². The van der Waals surface area contributed by atoms with Gasteiger partial charge in [-0.3, -0.25) is 0 Å². The molecule has 2 aromatic rings. The molecule has 0 aromatic carbocycles. The Balaban J connectivity index is 2.26. The van der Waals surface area contributed by atoms with Crippen LogP contribution < -0.4 is 5.73 Å². The molecule has 5 nitrogen and oxygen atoms in total. The molecule has 2 N–H and O–H groups in total. The second kappa shape index (κ2) is 6.81. The first-order chi connectivity index (χ1) is 9.61. The molecule has 0 unspecified atom stereocenters. The Hall–Kier alpha value is -1.46. The van der Waals surface area contributed by atoms with Crippen LogP contribution in [-0.4, -0.2) is 34.3 Å². The van der Waals surface area contributed by atoms with Crippen LogP contribution in [0.15, 0.2) is 12.3 Å². The molecule has 0 aliphatic heterocycles. The van der Waals surface area contributed by atoms with Crippen molar-refractivity contribution in [3.05, 3.63) is 23.7 Å². The van der Waals surface area contributed by atoms with Crippen molar-refractivity contribution in [3.8, 4) is 0 Å². The molecule has 0 radical (unpaired) electrons. The number of ether oxygens (including phenoxy) is 1. The van der Waals surface area contributed by atoms with E-state index in [0.29, 0.717) is 25.7 Å². The molecular formula is C15H24N4O. The average molecular weight is 276 g/mol. The van der Waals surface area contributed by atoms with Gasteiger partial charge >= 0.3 is 0 Å². The molecule has 5 heteroatoms. The van der Waals surface area contributed by atoms with Gasteiger partial charge in [-0.2, -0.15) is 0 Å². The summed E-state index contributed by atoms with van der Waals surface area (Å²) in [6, 6.07) is 2.09. The summed E-state index contributed by atoms with van der Waals surface area (Å²) in [5.41, 5.74) is 8.49. The first-order valence-corrected chi connectivity index (χ1v) is 7.21. The Labute approximate surface area is 120 Å². The number of nitrogens with two attached hydrogens (primary N) is 1. The van der Waals surface area contributed by atoms with E-state index in [1.807, 2.05) is 13.1 Å². The van der Waals surface area contributed by atoms with Crippen LogP contribution >= 0.6 is 0 Å². The molecule has 0 aliphatic carbocycles. The predicted molar refractivity (Wildman–Crippen MR) is 80.7 cm³/mol. The van der Waals surface area contributed by atoms with Gasteiger partial charge in [0, 0.05) is 25.7 Å². The second-order valence-electron chi connectivity index (χ2n) is 5.53. The Bertz CT molecular complexity index is 562. The van der Waals surface area contributed by atoms with E-state index in [2.05, 4.69) is 29.5 Å². The Morgan fingerprint density at radius 3 is 2.85 bits per heavy atom. The minimum atomic E-state index is 0.557. The number of fused-ring (bicyclic) bond motifs is 1. The van der Waals surface area contributed by atoms with Crippen molar-refractivity contribution in [1.82, 2.24) is 14.5 Å². The summed E-state index contributed by atoms with van der Waals surface area (Å²) in [6.45, 7) is 9.01. The quantitative estimate of drug-likeness (QED) is 0.785. The van der Waals surface area contributed by atoms with E-state index in [1.165, 1.54) is 0 Å². The van der Waals surface area contributed by atoms with Crippen LogP contribution in [0.2, 0.25) is 0 Å². The van der Waals surface area contributed by atoms with Gasteiger partial charge in [0.15, 0.2) is 5.65 Å². The number of pyridine rings is 1. The molecule has 2 rings (SSSR count). The summed E-state index contributed by atoms with van der Waals surface area (Å²) in [6.07, 6.45) is 2.84. The monoisotopic (exact) mass is 276 g/mol. The van der Waals surface area contributed by atoms with E-state index in [0.717, 1.165) is 35.5 Å². The van der Waals surface area contributed by atoms with E-state index in [-0.39, 0.29) is 0 Å². The van der Waals surface area contributed by atoms with Crippen molar-refractivity contribution in [2.24, 2.45) is 11.7 Å². The lowest BCUT2D eigenvalue weighted by atomic mass is 10.1. The van der Waals surface area contributed by atoms with Crippen molar-refractivity contribution in [1.29, 1.82) is 0 Å². The predicted octanol–water partition coefficient (Wildman–Crippen LogP) is 1.91. The van der Waals surface area contributed by atoms with Crippen LogP contribution in [0.3, 0.4) is 0 Å². The van der Waals surface area contributed by atoms with Gasteiger partial charge in [-0.05, 0) is 24.5 Å². The van der Waals surface area contributed by atoms with Crippen LogP contribution in [-0.2, 0) is 17.7 Å². The first kappa shape index (κ1) is 14.9. The van der Waals surface area contributed by atoms with Crippen molar-refractivity contribution in [2.45, 2.75) is 33.7 Å². The third-order valence-electron chi connectivity index (χ3n) is 3.11. The van der Waals surface area contributed by atoms with Gasteiger partial charge in [-0.1, -0.05) is 13.8 Å². The third-order valence-corrected chi connectivity index (χ3v) is 3.11. The molecule has 0 amide bonds. The lowest BCUT2D eigenvalue weighted by Crippen LogP contribution is -2.15. The highest BCUT2D eigenvalue weighted by molar-refractivity contribution is 5.72. The Kier molecular flexibility index (Phi) is 5.09. The molecule has 0 fully saturated rings. The van der Waals surface area contributed by atoms with E-state index >= 15 is 0 Å². The standard InChI is InChI=1S/C15H24N4O/c1-11(2)8-14-18-13-9-12(3)10-17-15(13)19(14)5-7-20-6-4-16/h9-11H,4-8,16H2,1-3H3. The van der Waals surface area contributed by atoms with Crippen molar-refractivity contribution in [2.75, 3.05) is 19.8 Å². The van der Waals surface area contributed by atoms with Gasteiger partial charge in [0.25, 0.3) is 0 Å². The number of hydrogen-bond acceptors (Lipinski definition) is 4. The largest absolute Gasteiger partial charge is 0.378 e. The fourth-order valence-electron chi connectivity index (χ4n) is 2.26. The van der Waals surface area contributed by atoms with Crippen LogP contribution in [0.1, 0.15) is 25.2 Å². The molecule has 20 heavy (non-hydrogen) atoms. The molecule has 2 aromatic heterocycles. The topological polar surface area (TPSA) is 66.0 Å². The molecule has 0 saturated heterocycles. The maximum absolute atomic E-state index is 5.49. The zero-order valence-electron chi connectivity index (χ0n) is 12.6. The first-order valence-electron chi connectivity index (χ1n) is 7.21. The van der Waals surface area contributed by atoms with Crippen molar-refractivity contribution in [3.63, 3.8) is 0 Å². The third kappa shape index (κ3) is 3.55. The summed E-state index contributed by atoms with van der Waals surface area (Å²) >= 11 is 0. The number of hydrogen-bond donors (Lipinski definition) is 1. The van der Waals surface area contributed by atoms with E-state index in [1.54, 1.807) is 0 Å². The van der Waals surface area contributed by atoms with Gasteiger partial charge in [0.05, 0.1) is 13.2 Å². The molecule has 0 bridgehead atoms. The molecule has 0 aliphatic rings. The van der Waals surface area contributed by atoms with E-state index < -0.39 is 0 Å². The van der Waals surface area contributed by atoms with Gasteiger partial charge in [0.2, 0.25) is 0 Å². The highest BCUT2D eigenvalue weighted by Crippen LogP contribution is 2.17. The number of imidazole rings is 1. The van der Waals surface area contributed by atoms with Crippen LogP contribution in [0.5, 0.6) is 0 Å². The minimum Gasteiger partial charge on any atom is -0.378 e. The summed E-state index contributed by atoms with van der Waals surface area (Å²) in [7, 11) is 0. The summed E-state index contributed by atoms with van der Waals surface area (Å²) < 4.78 is 7.66. The zero-order valence-corrected chi connectivity index (χ0v) is 12.6. The fraction of sp³-hybridized carbons (Fsp3) is 0.600. The van der Waals surface area contributed by atoms with E-state index in [9.17, 15) is 0 Å². The molecular weight excluding hydrogens is 252 g/mol. The molecule has 0 saturated carbocycles. The Morgan fingerprint density at radius 1 is 1.35 bits per heavy atom. The van der Waals surface area contributed by atoms with Gasteiger partial charge in [0.1, 0.15) is 11.3 Å². The average Bonchev–Trinajstić information content (AvgIpc) is 2.70. The summed E-state index contributed by atoms with van der Waals surface area (Å²) in [5, 5.41) is 0. The van der Waals surface area contributed by atoms with Crippen molar-refractivity contribution >= 4 is 11.2 Å².